The first-order valence-corrected chi connectivity index (χ1v) is 7.56. The van der Waals surface area contributed by atoms with Crippen molar-refractivity contribution in [3.05, 3.63) is 34.6 Å². The molecule has 0 bridgehead atoms. The van der Waals surface area contributed by atoms with Crippen molar-refractivity contribution in [3.63, 3.8) is 0 Å². The van der Waals surface area contributed by atoms with Gasteiger partial charge in [0.15, 0.2) is 0 Å². The van der Waals surface area contributed by atoms with Crippen molar-refractivity contribution in [1.82, 2.24) is 0 Å². The quantitative estimate of drug-likeness (QED) is 0.795. The molecule has 0 aromatic heterocycles. The molecule has 1 aliphatic carbocycles. The zero-order chi connectivity index (χ0) is 13.9. The van der Waals surface area contributed by atoms with Crippen molar-refractivity contribution in [2.24, 2.45) is 5.92 Å². The minimum atomic E-state index is -0.675. The van der Waals surface area contributed by atoms with Crippen LogP contribution in [-0.4, -0.2) is 10.7 Å². The summed E-state index contributed by atoms with van der Waals surface area (Å²) in [5, 5.41) is 11.2. The molecule has 19 heavy (non-hydrogen) atoms. The molecule has 1 fully saturated rings. The Bertz CT molecular complexity index is 435. The molecular formula is C16H22ClFO. The first kappa shape index (κ1) is 14.8. The third-order valence-corrected chi connectivity index (χ3v) is 4.74. The second kappa shape index (κ2) is 6.23. The van der Waals surface area contributed by atoms with Gasteiger partial charge in [0.25, 0.3) is 0 Å². The Morgan fingerprint density at radius 3 is 2.84 bits per heavy atom. The molecule has 1 N–H and O–H groups in total. The molecule has 2 atom stereocenters. The second-order valence-electron chi connectivity index (χ2n) is 5.84. The van der Waals surface area contributed by atoms with Crippen LogP contribution in [0.2, 0.25) is 5.02 Å². The summed E-state index contributed by atoms with van der Waals surface area (Å²) in [6.07, 6.45) is 6.70. The van der Waals surface area contributed by atoms with Crippen molar-refractivity contribution >= 4 is 11.6 Å². The monoisotopic (exact) mass is 284 g/mol. The van der Waals surface area contributed by atoms with Gasteiger partial charge in [0.2, 0.25) is 0 Å². The standard InChI is InChI=1S/C16H22ClFO/c1-2-12-4-3-8-16(19,9-7-12)11-13-5-6-14(18)10-15(13)17/h5-6,10,12,19H,2-4,7-9,11H2,1H3. The van der Waals surface area contributed by atoms with Gasteiger partial charge < -0.3 is 5.11 Å². The van der Waals surface area contributed by atoms with E-state index in [0.717, 1.165) is 37.2 Å². The van der Waals surface area contributed by atoms with Gasteiger partial charge in [0.05, 0.1) is 5.60 Å². The van der Waals surface area contributed by atoms with Crippen LogP contribution in [0.1, 0.15) is 51.0 Å². The highest BCUT2D eigenvalue weighted by molar-refractivity contribution is 6.31. The van der Waals surface area contributed by atoms with E-state index in [1.165, 1.54) is 25.0 Å². The van der Waals surface area contributed by atoms with Crippen molar-refractivity contribution in [1.29, 1.82) is 0 Å². The summed E-state index contributed by atoms with van der Waals surface area (Å²) in [6, 6.07) is 4.43. The van der Waals surface area contributed by atoms with E-state index < -0.39 is 5.60 Å². The fourth-order valence-corrected chi connectivity index (χ4v) is 3.30. The van der Waals surface area contributed by atoms with E-state index in [9.17, 15) is 9.50 Å². The van der Waals surface area contributed by atoms with E-state index in [2.05, 4.69) is 6.92 Å². The van der Waals surface area contributed by atoms with Crippen LogP contribution in [0.25, 0.3) is 0 Å². The predicted molar refractivity (Wildman–Crippen MR) is 76.9 cm³/mol. The lowest BCUT2D eigenvalue weighted by atomic mass is 9.87. The molecule has 1 aromatic rings. The van der Waals surface area contributed by atoms with Crippen molar-refractivity contribution in [3.8, 4) is 0 Å². The molecule has 1 saturated carbocycles. The van der Waals surface area contributed by atoms with E-state index in [4.69, 9.17) is 11.6 Å². The fraction of sp³-hybridized carbons (Fsp3) is 0.625. The number of rotatable bonds is 3. The van der Waals surface area contributed by atoms with Gasteiger partial charge in [-0.3, -0.25) is 0 Å². The van der Waals surface area contributed by atoms with E-state index in [0.29, 0.717) is 11.4 Å². The Morgan fingerprint density at radius 1 is 1.37 bits per heavy atom. The summed E-state index contributed by atoms with van der Waals surface area (Å²) >= 11 is 6.06. The van der Waals surface area contributed by atoms with Gasteiger partial charge in [0, 0.05) is 11.4 Å². The van der Waals surface area contributed by atoms with Crippen molar-refractivity contribution in [2.75, 3.05) is 0 Å². The molecule has 2 rings (SSSR count). The highest BCUT2D eigenvalue weighted by Gasteiger charge is 2.31. The Labute approximate surface area is 119 Å². The average Bonchev–Trinajstić information content (AvgIpc) is 2.55. The zero-order valence-corrected chi connectivity index (χ0v) is 12.2. The Hall–Kier alpha value is -0.600. The molecular weight excluding hydrogens is 263 g/mol. The third-order valence-electron chi connectivity index (χ3n) is 4.38. The lowest BCUT2D eigenvalue weighted by Crippen LogP contribution is -2.30. The number of benzene rings is 1. The molecule has 0 amide bonds. The minimum Gasteiger partial charge on any atom is -0.390 e. The Morgan fingerprint density at radius 2 is 2.16 bits per heavy atom. The molecule has 0 saturated heterocycles. The molecule has 0 radical (unpaired) electrons. The summed E-state index contributed by atoms with van der Waals surface area (Å²) in [5.74, 6) is 0.408. The van der Waals surface area contributed by atoms with Gasteiger partial charge in [-0.1, -0.05) is 43.9 Å². The molecule has 0 heterocycles. The molecule has 106 valence electrons. The van der Waals surface area contributed by atoms with E-state index in [1.54, 1.807) is 6.07 Å². The van der Waals surface area contributed by atoms with Crippen molar-refractivity contribution < 1.29 is 9.50 Å². The first-order chi connectivity index (χ1) is 9.02. The summed E-state index contributed by atoms with van der Waals surface area (Å²) in [6.45, 7) is 2.21. The number of halogens is 2. The highest BCUT2D eigenvalue weighted by atomic mass is 35.5. The molecule has 1 nitrogen and oxygen atoms in total. The second-order valence-corrected chi connectivity index (χ2v) is 6.25. The highest BCUT2D eigenvalue weighted by Crippen LogP contribution is 2.35. The Balaban J connectivity index is 2.08. The van der Waals surface area contributed by atoms with Gasteiger partial charge >= 0.3 is 0 Å². The molecule has 1 aliphatic rings. The van der Waals surface area contributed by atoms with Gasteiger partial charge in [-0.05, 0) is 42.9 Å². The smallest absolute Gasteiger partial charge is 0.124 e. The van der Waals surface area contributed by atoms with Crippen LogP contribution in [0, 0.1) is 11.7 Å². The largest absolute Gasteiger partial charge is 0.390 e. The van der Waals surface area contributed by atoms with Crippen LogP contribution in [0.5, 0.6) is 0 Å². The zero-order valence-electron chi connectivity index (χ0n) is 11.5. The van der Waals surface area contributed by atoms with E-state index >= 15 is 0 Å². The molecule has 0 aliphatic heterocycles. The molecule has 1 aromatic carbocycles. The average molecular weight is 285 g/mol. The maximum atomic E-state index is 13.0. The third kappa shape index (κ3) is 3.93. The van der Waals surface area contributed by atoms with Crippen LogP contribution in [-0.2, 0) is 6.42 Å². The predicted octanol–water partition coefficient (Wildman–Crippen LogP) is 4.74. The van der Waals surface area contributed by atoms with Crippen LogP contribution >= 0.6 is 11.6 Å². The van der Waals surface area contributed by atoms with Crippen LogP contribution < -0.4 is 0 Å². The normalized spacial score (nSPS) is 28.1. The molecule has 2 unspecified atom stereocenters. The van der Waals surface area contributed by atoms with Gasteiger partial charge in [0.1, 0.15) is 5.82 Å². The van der Waals surface area contributed by atoms with Gasteiger partial charge in [-0.15, -0.1) is 0 Å². The number of aliphatic hydroxyl groups is 1. The summed E-state index contributed by atoms with van der Waals surface area (Å²) in [7, 11) is 0. The number of hydrogen-bond donors (Lipinski definition) is 1. The molecule has 0 spiro atoms. The SMILES string of the molecule is CCC1CCCC(O)(Cc2ccc(F)cc2Cl)CC1. The first-order valence-electron chi connectivity index (χ1n) is 7.19. The lowest BCUT2D eigenvalue weighted by molar-refractivity contribution is 0.0242. The topological polar surface area (TPSA) is 20.2 Å². The van der Waals surface area contributed by atoms with E-state index in [-0.39, 0.29) is 5.82 Å². The van der Waals surface area contributed by atoms with Gasteiger partial charge in [-0.2, -0.15) is 0 Å². The van der Waals surface area contributed by atoms with Crippen LogP contribution in [0.15, 0.2) is 18.2 Å². The maximum absolute atomic E-state index is 13.0. The van der Waals surface area contributed by atoms with Crippen LogP contribution in [0.3, 0.4) is 0 Å². The minimum absolute atomic E-state index is 0.326. The lowest BCUT2D eigenvalue weighted by Gasteiger charge is -2.27. The summed E-state index contributed by atoms with van der Waals surface area (Å²) < 4.78 is 13.0. The molecule has 3 heteroatoms. The van der Waals surface area contributed by atoms with Crippen molar-refractivity contribution in [2.45, 2.75) is 57.5 Å². The summed E-state index contributed by atoms with van der Waals surface area (Å²) in [5.41, 5.74) is 0.172. The van der Waals surface area contributed by atoms with Gasteiger partial charge in [-0.25, -0.2) is 4.39 Å². The Kier molecular flexibility index (Phi) is 4.86. The fourth-order valence-electron chi connectivity index (χ4n) is 3.07. The van der Waals surface area contributed by atoms with E-state index in [1.807, 2.05) is 0 Å². The maximum Gasteiger partial charge on any atom is 0.124 e. The number of hydrogen-bond acceptors (Lipinski definition) is 1. The van der Waals surface area contributed by atoms with Crippen LogP contribution in [0.4, 0.5) is 4.39 Å². The summed E-state index contributed by atoms with van der Waals surface area (Å²) in [4.78, 5) is 0.